The fourth-order valence-electron chi connectivity index (χ4n) is 5.75. The third-order valence-electron chi connectivity index (χ3n) is 8.92. The summed E-state index contributed by atoms with van der Waals surface area (Å²) in [5.74, 6) is 2.14. The molecule has 0 bridgehead atoms. The Hall–Kier alpha value is -2.69. The van der Waals surface area contributed by atoms with E-state index >= 15 is 0 Å². The second kappa shape index (κ2) is 19.9. The molecular weight excluding hydrogens is 580 g/mol. The fourth-order valence-corrected chi connectivity index (χ4v) is 5.75. The molecule has 1 amide bonds. The highest BCUT2D eigenvalue weighted by Crippen LogP contribution is 2.32. The molecule has 2 aromatic rings. The highest BCUT2D eigenvalue weighted by molar-refractivity contribution is 5.79. The largest absolute Gasteiger partial charge is 0.493 e. The minimum absolute atomic E-state index is 0.0321. The summed E-state index contributed by atoms with van der Waals surface area (Å²) in [4.78, 5) is 13.5. The molecule has 0 aliphatic heterocycles. The molecule has 10 heteroatoms. The van der Waals surface area contributed by atoms with Crippen LogP contribution >= 0.6 is 0 Å². The van der Waals surface area contributed by atoms with E-state index in [1.54, 1.807) is 14.2 Å². The van der Waals surface area contributed by atoms with Gasteiger partial charge in [-0.05, 0) is 67.6 Å². The van der Waals surface area contributed by atoms with Crippen molar-refractivity contribution in [2.75, 3.05) is 34.0 Å². The van der Waals surface area contributed by atoms with Crippen molar-refractivity contribution < 1.29 is 19.0 Å². The van der Waals surface area contributed by atoms with Gasteiger partial charge in [0, 0.05) is 62.8 Å². The smallest absolute Gasteiger partial charge is 0.223 e. The van der Waals surface area contributed by atoms with E-state index in [0.717, 1.165) is 55.7 Å². The fraction of sp³-hybridized carbons (Fsp3) is 0.750. The molecule has 0 unspecified atom stereocenters. The Morgan fingerprint density at radius 3 is 2.35 bits per heavy atom. The van der Waals surface area contributed by atoms with Gasteiger partial charge in [0.2, 0.25) is 5.91 Å². The highest BCUT2D eigenvalue weighted by atomic mass is 16.5. The maximum absolute atomic E-state index is 13.5. The van der Waals surface area contributed by atoms with Crippen LogP contribution in [0.25, 0.3) is 0 Å². The lowest BCUT2D eigenvalue weighted by Gasteiger charge is -2.31. The highest BCUT2D eigenvalue weighted by Gasteiger charge is 2.30. The summed E-state index contributed by atoms with van der Waals surface area (Å²) in [5, 5.41) is 11.8. The van der Waals surface area contributed by atoms with Gasteiger partial charge >= 0.3 is 0 Å². The molecule has 10 nitrogen and oxygen atoms in total. The molecule has 4 atom stereocenters. The van der Waals surface area contributed by atoms with Crippen molar-refractivity contribution in [1.82, 2.24) is 20.3 Å². The molecule has 1 aromatic heterocycles. The minimum Gasteiger partial charge on any atom is -0.493 e. The van der Waals surface area contributed by atoms with Crippen LogP contribution in [0.15, 0.2) is 24.4 Å². The summed E-state index contributed by atoms with van der Waals surface area (Å²) < 4.78 is 18.6. The van der Waals surface area contributed by atoms with Crippen LogP contribution in [0, 0.1) is 29.1 Å². The maximum Gasteiger partial charge on any atom is 0.223 e. The lowest BCUT2D eigenvalue weighted by Crippen LogP contribution is -2.48. The Labute approximate surface area is 278 Å². The Morgan fingerprint density at radius 1 is 1.00 bits per heavy atom. The molecule has 0 fully saturated rings. The average molecular weight is 645 g/mol. The van der Waals surface area contributed by atoms with Gasteiger partial charge in [0.05, 0.1) is 19.4 Å². The maximum atomic E-state index is 13.5. The molecule has 1 aromatic carbocycles. The van der Waals surface area contributed by atoms with E-state index in [1.165, 1.54) is 5.56 Å². The molecule has 0 radical (unpaired) electrons. The Morgan fingerprint density at radius 2 is 1.72 bits per heavy atom. The average Bonchev–Trinajstić information content (AvgIpc) is 3.45. The monoisotopic (exact) mass is 644 g/mol. The molecule has 0 saturated carbocycles. The number of rotatable bonds is 23. The molecular formula is C36H64N6O4. The lowest BCUT2D eigenvalue weighted by atomic mass is 9.80. The van der Waals surface area contributed by atoms with Gasteiger partial charge in [-0.3, -0.25) is 9.48 Å². The number of nitrogens with one attached hydrogen (secondary N) is 1. The van der Waals surface area contributed by atoms with E-state index in [1.807, 2.05) is 16.9 Å². The molecule has 5 N–H and O–H groups in total. The van der Waals surface area contributed by atoms with Crippen molar-refractivity contribution in [3.8, 4) is 11.5 Å². The number of amides is 1. The van der Waals surface area contributed by atoms with Gasteiger partial charge in [-0.25, -0.2) is 0 Å². The van der Waals surface area contributed by atoms with Crippen molar-refractivity contribution in [2.45, 2.75) is 112 Å². The number of hydrogen-bond donors (Lipinski definition) is 3. The van der Waals surface area contributed by atoms with Crippen molar-refractivity contribution >= 4 is 5.91 Å². The predicted octanol–water partition coefficient (Wildman–Crippen LogP) is 5.41. The third-order valence-corrected chi connectivity index (χ3v) is 8.92. The number of ether oxygens (including phenoxy) is 3. The van der Waals surface area contributed by atoms with E-state index in [9.17, 15) is 4.79 Å². The first-order valence-electron chi connectivity index (χ1n) is 17.3. The van der Waals surface area contributed by atoms with Gasteiger partial charge in [-0.2, -0.15) is 0 Å². The summed E-state index contributed by atoms with van der Waals surface area (Å²) in [5.41, 5.74) is 15.5. The zero-order valence-electron chi connectivity index (χ0n) is 30.2. The predicted molar refractivity (Wildman–Crippen MR) is 186 cm³/mol. The van der Waals surface area contributed by atoms with E-state index in [0.29, 0.717) is 44.6 Å². The van der Waals surface area contributed by atoms with Crippen LogP contribution in [0.2, 0.25) is 0 Å². The summed E-state index contributed by atoms with van der Waals surface area (Å²) in [6, 6.07) is 5.61. The van der Waals surface area contributed by atoms with Gasteiger partial charge < -0.3 is 31.0 Å². The number of unbranched alkanes of at least 4 members (excludes halogenated alkanes) is 1. The molecule has 0 aliphatic carbocycles. The molecule has 0 aliphatic rings. The lowest BCUT2D eigenvalue weighted by molar-refractivity contribution is -0.127. The first-order chi connectivity index (χ1) is 21.8. The molecule has 1 heterocycles. The van der Waals surface area contributed by atoms with E-state index in [4.69, 9.17) is 25.7 Å². The number of hydrogen-bond acceptors (Lipinski definition) is 8. The zero-order chi connectivity index (χ0) is 34.3. The van der Waals surface area contributed by atoms with Gasteiger partial charge in [0.25, 0.3) is 0 Å². The number of methoxy groups -OCH3 is 2. The number of aromatic nitrogens is 3. The normalized spacial score (nSPS) is 14.7. The van der Waals surface area contributed by atoms with Gasteiger partial charge in [0.1, 0.15) is 0 Å². The van der Waals surface area contributed by atoms with Crippen molar-refractivity contribution in [2.24, 2.45) is 40.6 Å². The second-order valence-electron chi connectivity index (χ2n) is 14.4. The topological polar surface area (TPSA) is 140 Å². The van der Waals surface area contributed by atoms with Crippen molar-refractivity contribution in [3.05, 3.63) is 35.7 Å². The van der Waals surface area contributed by atoms with Crippen LogP contribution in [0.4, 0.5) is 0 Å². The summed E-state index contributed by atoms with van der Waals surface area (Å²) in [6.07, 6.45) is 8.17. The van der Waals surface area contributed by atoms with Crippen LogP contribution < -0.4 is 26.3 Å². The third kappa shape index (κ3) is 13.6. The minimum atomic E-state index is -0.292. The van der Waals surface area contributed by atoms with Gasteiger partial charge in [-0.1, -0.05) is 66.2 Å². The second-order valence-corrected chi connectivity index (χ2v) is 14.4. The Kier molecular flexibility index (Phi) is 17.0. The number of nitrogens with zero attached hydrogens (tertiary/aromatic N) is 3. The first kappa shape index (κ1) is 39.5. The van der Waals surface area contributed by atoms with E-state index in [-0.39, 0.29) is 35.2 Å². The summed E-state index contributed by atoms with van der Waals surface area (Å²) in [6.45, 7) is 17.5. The molecule has 262 valence electrons. The Bertz CT molecular complexity index is 1150. The van der Waals surface area contributed by atoms with Crippen LogP contribution in [-0.2, 0) is 28.9 Å². The van der Waals surface area contributed by atoms with Crippen LogP contribution in [-0.4, -0.2) is 67.0 Å². The zero-order valence-corrected chi connectivity index (χ0v) is 30.2. The van der Waals surface area contributed by atoms with Crippen LogP contribution in [0.1, 0.15) is 91.8 Å². The standard InChI is InChI=1S/C36H64N6O4/c1-10-11-13-29-22-42(41-40-29)24-36(6,7)23-39-35(43)30(26(4)5)21-32(38)31(37)20-28(25(2)3)18-27-14-15-33(45-9)34(19-27)46-17-12-16-44-8/h14-15,19,22,25-26,28,30-32H,10-13,16-18,20-21,23-24,37-38H2,1-9H3,(H,39,43)/t28-,30-,31-,32-/m0/s1. The Balaban J connectivity index is 1.98. The summed E-state index contributed by atoms with van der Waals surface area (Å²) in [7, 11) is 3.34. The number of nitrogens with two attached hydrogens (primary N) is 2. The molecule has 0 spiro atoms. The van der Waals surface area contributed by atoms with Gasteiger partial charge in [0.15, 0.2) is 11.5 Å². The number of carbonyl (C=O) groups excluding carboxylic acids is 1. The van der Waals surface area contributed by atoms with E-state index < -0.39 is 0 Å². The SMILES string of the molecule is CCCCc1cn(CC(C)(C)CNC(=O)[C@@H](C[C@H](N)[C@@H](N)C[C@H](Cc2ccc(OC)c(OCCCOC)c2)C(C)C)C(C)C)nn1. The van der Waals surface area contributed by atoms with Crippen molar-refractivity contribution in [1.29, 1.82) is 0 Å². The summed E-state index contributed by atoms with van der Waals surface area (Å²) >= 11 is 0. The molecule has 0 saturated heterocycles. The number of aryl methyl sites for hydroxylation is 1. The van der Waals surface area contributed by atoms with Gasteiger partial charge in [-0.15, -0.1) is 5.10 Å². The molecule has 46 heavy (non-hydrogen) atoms. The number of carbonyl (C=O) groups is 1. The van der Waals surface area contributed by atoms with E-state index in [2.05, 4.69) is 76.2 Å². The number of benzene rings is 1. The van der Waals surface area contributed by atoms with Crippen molar-refractivity contribution in [3.63, 3.8) is 0 Å². The quantitative estimate of drug-likeness (QED) is 0.137. The van der Waals surface area contributed by atoms with Crippen LogP contribution in [0.5, 0.6) is 11.5 Å². The molecule has 2 rings (SSSR count). The first-order valence-corrected chi connectivity index (χ1v) is 17.3. The van der Waals surface area contributed by atoms with Crippen LogP contribution in [0.3, 0.4) is 0 Å².